The van der Waals surface area contributed by atoms with E-state index in [1.54, 1.807) is 0 Å². The summed E-state index contributed by atoms with van der Waals surface area (Å²) in [6.07, 6.45) is 5.34. The van der Waals surface area contributed by atoms with E-state index in [4.69, 9.17) is 0 Å². The van der Waals surface area contributed by atoms with Crippen molar-refractivity contribution in [2.75, 3.05) is 0 Å². The van der Waals surface area contributed by atoms with Crippen molar-refractivity contribution in [3.8, 4) is 0 Å². The largest absolute Gasteiger partial charge is 0.344 e. The molecule has 0 amide bonds. The molecule has 1 heteroatoms. The topological polar surface area (TPSA) is 35.0 Å². The predicted octanol–water partition coefficient (Wildman–Crippen LogP) is 4.18. The van der Waals surface area contributed by atoms with Gasteiger partial charge in [-0.05, 0) is 41.5 Å². The molecule has 3 N–H and O–H groups in total. The smallest absolute Gasteiger partial charge is 0.0228 e. The Morgan fingerprint density at radius 1 is 1.00 bits per heavy atom. The molecule has 1 aromatic carbocycles. The van der Waals surface area contributed by atoms with Crippen molar-refractivity contribution >= 4 is 6.08 Å². The summed E-state index contributed by atoms with van der Waals surface area (Å²) in [6, 6.07) is 4.44. The highest BCUT2D eigenvalue weighted by molar-refractivity contribution is 5.56. The van der Waals surface area contributed by atoms with E-state index in [1.165, 1.54) is 22.3 Å². The third-order valence-corrected chi connectivity index (χ3v) is 2.87. The molecule has 1 aromatic rings. The van der Waals surface area contributed by atoms with Gasteiger partial charge in [0.2, 0.25) is 0 Å². The SMILES string of the molecule is C=Cc1ccc(CC)c(CC)c1CC.N. The van der Waals surface area contributed by atoms with Crippen LogP contribution in [0.2, 0.25) is 0 Å². The molecule has 0 aromatic heterocycles. The maximum absolute atomic E-state index is 3.87. The molecule has 0 radical (unpaired) electrons. The van der Waals surface area contributed by atoms with Crippen LogP contribution in [0.4, 0.5) is 0 Å². The Balaban J connectivity index is 0.00000196. The molecule has 0 aliphatic carbocycles. The van der Waals surface area contributed by atoms with Gasteiger partial charge in [0, 0.05) is 0 Å². The summed E-state index contributed by atoms with van der Waals surface area (Å²) in [6.45, 7) is 10.6. The Labute approximate surface area is 93.8 Å². The normalized spacial score (nSPS) is 9.53. The minimum atomic E-state index is 0. The zero-order chi connectivity index (χ0) is 10.6. The van der Waals surface area contributed by atoms with Crippen molar-refractivity contribution in [3.05, 3.63) is 41.0 Å². The second-order valence-electron chi connectivity index (χ2n) is 3.54. The lowest BCUT2D eigenvalue weighted by Gasteiger charge is -2.14. The highest BCUT2D eigenvalue weighted by atomic mass is 14.1. The van der Waals surface area contributed by atoms with Crippen molar-refractivity contribution in [2.45, 2.75) is 40.0 Å². The van der Waals surface area contributed by atoms with Gasteiger partial charge >= 0.3 is 0 Å². The number of hydrogen-bond donors (Lipinski definition) is 1. The number of hydrogen-bond acceptors (Lipinski definition) is 1. The van der Waals surface area contributed by atoms with Gasteiger partial charge in [-0.1, -0.05) is 45.6 Å². The van der Waals surface area contributed by atoms with Crippen molar-refractivity contribution in [1.29, 1.82) is 0 Å². The monoisotopic (exact) mass is 205 g/mol. The summed E-state index contributed by atoms with van der Waals surface area (Å²) in [7, 11) is 0. The van der Waals surface area contributed by atoms with Crippen molar-refractivity contribution in [2.24, 2.45) is 0 Å². The first kappa shape index (κ1) is 13.9. The molecule has 0 spiro atoms. The fourth-order valence-corrected chi connectivity index (χ4v) is 2.14. The fraction of sp³-hybridized carbons (Fsp3) is 0.429. The Morgan fingerprint density at radius 2 is 1.60 bits per heavy atom. The summed E-state index contributed by atoms with van der Waals surface area (Å²) in [4.78, 5) is 0. The molecule has 0 bridgehead atoms. The summed E-state index contributed by atoms with van der Waals surface area (Å²) in [5.74, 6) is 0. The number of aryl methyl sites for hydroxylation is 1. The van der Waals surface area contributed by atoms with Crippen LogP contribution >= 0.6 is 0 Å². The van der Waals surface area contributed by atoms with Gasteiger partial charge in [-0.25, -0.2) is 0 Å². The first-order valence-electron chi connectivity index (χ1n) is 5.54. The lowest BCUT2D eigenvalue weighted by atomic mass is 9.91. The van der Waals surface area contributed by atoms with E-state index >= 15 is 0 Å². The van der Waals surface area contributed by atoms with Crippen LogP contribution in [-0.4, -0.2) is 0 Å². The van der Waals surface area contributed by atoms with Crippen LogP contribution in [0.5, 0.6) is 0 Å². The van der Waals surface area contributed by atoms with Crippen LogP contribution in [0, 0.1) is 0 Å². The Bertz CT molecular complexity index is 326. The second kappa shape index (κ2) is 6.41. The van der Waals surface area contributed by atoms with E-state index in [0.717, 1.165) is 19.3 Å². The van der Waals surface area contributed by atoms with Gasteiger partial charge in [-0.15, -0.1) is 0 Å². The molecule has 84 valence electrons. The Hall–Kier alpha value is -1.08. The maximum atomic E-state index is 3.87. The lowest BCUT2D eigenvalue weighted by molar-refractivity contribution is 0.978. The standard InChI is InChI=1S/C14H20.H3N/c1-5-11-9-10-12(6-2)14(8-4)13(11)7-3;/h5,9-10H,1,6-8H2,2-4H3;1H3. The number of benzene rings is 1. The fourth-order valence-electron chi connectivity index (χ4n) is 2.14. The molecular formula is C14H23N. The lowest BCUT2D eigenvalue weighted by Crippen LogP contribution is -2.00. The third-order valence-electron chi connectivity index (χ3n) is 2.87. The summed E-state index contributed by atoms with van der Waals surface area (Å²) in [5, 5.41) is 0. The van der Waals surface area contributed by atoms with Crippen molar-refractivity contribution in [3.63, 3.8) is 0 Å². The van der Waals surface area contributed by atoms with E-state index < -0.39 is 0 Å². The van der Waals surface area contributed by atoms with Crippen LogP contribution in [0.3, 0.4) is 0 Å². The second-order valence-corrected chi connectivity index (χ2v) is 3.54. The molecular weight excluding hydrogens is 182 g/mol. The first-order valence-corrected chi connectivity index (χ1v) is 5.54. The molecule has 0 unspecified atom stereocenters. The van der Waals surface area contributed by atoms with Crippen molar-refractivity contribution in [1.82, 2.24) is 6.15 Å². The summed E-state index contributed by atoms with van der Waals surface area (Å²) < 4.78 is 0. The molecule has 15 heavy (non-hydrogen) atoms. The molecule has 0 fully saturated rings. The summed E-state index contributed by atoms with van der Waals surface area (Å²) >= 11 is 0. The van der Waals surface area contributed by atoms with Crippen molar-refractivity contribution < 1.29 is 0 Å². The average molecular weight is 205 g/mol. The van der Waals surface area contributed by atoms with Gasteiger partial charge in [0.15, 0.2) is 0 Å². The van der Waals surface area contributed by atoms with E-state index in [9.17, 15) is 0 Å². The van der Waals surface area contributed by atoms with Crippen LogP contribution in [0.15, 0.2) is 18.7 Å². The molecule has 0 heterocycles. The van der Waals surface area contributed by atoms with Crippen LogP contribution in [0.1, 0.15) is 43.0 Å². The van der Waals surface area contributed by atoms with Gasteiger partial charge in [0.25, 0.3) is 0 Å². The van der Waals surface area contributed by atoms with Gasteiger partial charge in [0.05, 0.1) is 0 Å². The zero-order valence-corrected chi connectivity index (χ0v) is 10.3. The van der Waals surface area contributed by atoms with E-state index in [0.29, 0.717) is 0 Å². The third kappa shape index (κ3) is 2.69. The molecule has 0 atom stereocenters. The van der Waals surface area contributed by atoms with E-state index in [1.807, 2.05) is 6.08 Å². The van der Waals surface area contributed by atoms with Gasteiger partial charge in [-0.3, -0.25) is 0 Å². The minimum Gasteiger partial charge on any atom is -0.344 e. The van der Waals surface area contributed by atoms with Gasteiger partial charge in [0.1, 0.15) is 0 Å². The Kier molecular flexibility index (Phi) is 5.95. The summed E-state index contributed by atoms with van der Waals surface area (Å²) in [5.41, 5.74) is 5.82. The predicted molar refractivity (Wildman–Crippen MR) is 69.7 cm³/mol. The molecule has 1 rings (SSSR count). The first-order chi connectivity index (χ1) is 6.78. The molecule has 0 saturated carbocycles. The quantitative estimate of drug-likeness (QED) is 0.786. The van der Waals surface area contributed by atoms with Gasteiger partial charge in [-0.2, -0.15) is 0 Å². The van der Waals surface area contributed by atoms with E-state index in [2.05, 4.69) is 39.5 Å². The highest BCUT2D eigenvalue weighted by Gasteiger charge is 2.07. The minimum absolute atomic E-state index is 0. The van der Waals surface area contributed by atoms with Crippen LogP contribution in [-0.2, 0) is 19.3 Å². The highest BCUT2D eigenvalue weighted by Crippen LogP contribution is 2.22. The molecule has 0 aliphatic heterocycles. The van der Waals surface area contributed by atoms with Crippen LogP contribution in [0.25, 0.3) is 6.08 Å². The van der Waals surface area contributed by atoms with Gasteiger partial charge < -0.3 is 6.15 Å². The molecule has 1 nitrogen and oxygen atoms in total. The van der Waals surface area contributed by atoms with E-state index in [-0.39, 0.29) is 6.15 Å². The molecule has 0 saturated heterocycles. The number of rotatable bonds is 4. The van der Waals surface area contributed by atoms with Crippen LogP contribution < -0.4 is 6.15 Å². The zero-order valence-electron chi connectivity index (χ0n) is 10.3. The molecule has 0 aliphatic rings. The maximum Gasteiger partial charge on any atom is -0.0228 e. The average Bonchev–Trinajstić information content (AvgIpc) is 2.26. The Morgan fingerprint density at radius 3 is 2.00 bits per heavy atom.